The minimum atomic E-state index is 0.236. The Labute approximate surface area is 75.8 Å². The van der Waals surface area contributed by atoms with Crippen LogP contribution in [0.25, 0.3) is 0 Å². The van der Waals surface area contributed by atoms with Gasteiger partial charge in [-0.15, -0.1) is 6.58 Å². The van der Waals surface area contributed by atoms with E-state index in [9.17, 15) is 0 Å². The van der Waals surface area contributed by atoms with E-state index < -0.39 is 0 Å². The Bertz CT molecular complexity index is 158. The highest BCUT2D eigenvalue weighted by atomic mass is 16.3. The van der Waals surface area contributed by atoms with Crippen molar-refractivity contribution in [2.24, 2.45) is 11.8 Å². The lowest BCUT2D eigenvalue weighted by atomic mass is 9.99. The van der Waals surface area contributed by atoms with Crippen LogP contribution in [0.2, 0.25) is 0 Å². The first kappa shape index (κ1) is 11.4. The molecule has 12 heavy (non-hydrogen) atoms. The second-order valence-electron chi connectivity index (χ2n) is 3.59. The fraction of sp³-hybridized carbons (Fsp3) is 0.636. The van der Waals surface area contributed by atoms with E-state index in [-0.39, 0.29) is 12.5 Å². The Morgan fingerprint density at radius 2 is 2.00 bits per heavy atom. The summed E-state index contributed by atoms with van der Waals surface area (Å²) < 4.78 is 0. The molecule has 2 atom stereocenters. The summed E-state index contributed by atoms with van der Waals surface area (Å²) in [6, 6.07) is 0. The van der Waals surface area contributed by atoms with Crippen molar-refractivity contribution >= 4 is 0 Å². The molecule has 0 aromatic rings. The number of hydrogen-bond acceptors (Lipinski definition) is 1. The Morgan fingerprint density at radius 3 is 2.42 bits per heavy atom. The van der Waals surface area contributed by atoms with E-state index >= 15 is 0 Å². The summed E-state index contributed by atoms with van der Waals surface area (Å²) in [5, 5.41) is 8.81. The second kappa shape index (κ2) is 6.01. The van der Waals surface area contributed by atoms with E-state index in [1.165, 1.54) is 5.57 Å². The minimum Gasteiger partial charge on any atom is -0.396 e. The topological polar surface area (TPSA) is 20.2 Å². The SMILES string of the molecule is C=CC(C)CC(C)=CC(C)CO. The first-order chi connectivity index (χ1) is 5.60. The van der Waals surface area contributed by atoms with Crippen molar-refractivity contribution in [3.05, 3.63) is 24.3 Å². The minimum absolute atomic E-state index is 0.236. The quantitative estimate of drug-likeness (QED) is 0.626. The first-order valence-electron chi connectivity index (χ1n) is 4.50. The first-order valence-corrected chi connectivity index (χ1v) is 4.50. The van der Waals surface area contributed by atoms with Gasteiger partial charge in [0.05, 0.1) is 0 Å². The van der Waals surface area contributed by atoms with Gasteiger partial charge < -0.3 is 5.11 Å². The molecular weight excluding hydrogens is 148 g/mol. The predicted octanol–water partition coefficient (Wildman–Crippen LogP) is 2.77. The van der Waals surface area contributed by atoms with Gasteiger partial charge in [-0.3, -0.25) is 0 Å². The molecule has 0 saturated heterocycles. The van der Waals surface area contributed by atoms with E-state index in [2.05, 4.69) is 26.5 Å². The predicted molar refractivity (Wildman–Crippen MR) is 54.0 cm³/mol. The number of aliphatic hydroxyl groups is 1. The van der Waals surface area contributed by atoms with Gasteiger partial charge in [0.2, 0.25) is 0 Å². The van der Waals surface area contributed by atoms with Crippen molar-refractivity contribution in [3.63, 3.8) is 0 Å². The fourth-order valence-electron chi connectivity index (χ4n) is 1.20. The highest BCUT2D eigenvalue weighted by molar-refractivity contribution is 5.03. The van der Waals surface area contributed by atoms with Crippen molar-refractivity contribution < 1.29 is 5.11 Å². The van der Waals surface area contributed by atoms with Crippen molar-refractivity contribution in [2.45, 2.75) is 27.2 Å². The zero-order valence-corrected chi connectivity index (χ0v) is 8.38. The van der Waals surface area contributed by atoms with Crippen LogP contribution in [0, 0.1) is 11.8 Å². The van der Waals surface area contributed by atoms with Gasteiger partial charge in [0.25, 0.3) is 0 Å². The van der Waals surface area contributed by atoms with Gasteiger partial charge in [-0.1, -0.05) is 31.6 Å². The van der Waals surface area contributed by atoms with Gasteiger partial charge in [0.15, 0.2) is 0 Å². The Balaban J connectivity index is 3.92. The molecule has 0 rings (SSSR count). The molecule has 2 unspecified atom stereocenters. The van der Waals surface area contributed by atoms with E-state index in [1.54, 1.807) is 0 Å². The molecular formula is C11H20O. The van der Waals surface area contributed by atoms with Gasteiger partial charge in [-0.05, 0) is 25.2 Å². The zero-order chi connectivity index (χ0) is 9.56. The van der Waals surface area contributed by atoms with Crippen LogP contribution in [0.1, 0.15) is 27.2 Å². The van der Waals surface area contributed by atoms with Crippen LogP contribution in [0.15, 0.2) is 24.3 Å². The van der Waals surface area contributed by atoms with E-state index in [0.717, 1.165) is 6.42 Å². The maximum atomic E-state index is 8.81. The lowest BCUT2D eigenvalue weighted by molar-refractivity contribution is 0.261. The smallest absolute Gasteiger partial charge is 0.0491 e. The molecule has 0 radical (unpaired) electrons. The molecule has 1 nitrogen and oxygen atoms in total. The molecule has 1 N–H and O–H groups in total. The normalized spacial score (nSPS) is 17.2. The van der Waals surface area contributed by atoms with E-state index in [0.29, 0.717) is 5.92 Å². The van der Waals surface area contributed by atoms with Gasteiger partial charge >= 0.3 is 0 Å². The average Bonchev–Trinajstić information content (AvgIpc) is 2.03. The summed E-state index contributed by atoms with van der Waals surface area (Å²) in [6.45, 7) is 10.2. The van der Waals surface area contributed by atoms with Gasteiger partial charge in [0.1, 0.15) is 0 Å². The highest BCUT2D eigenvalue weighted by Gasteiger charge is 2.00. The molecule has 0 amide bonds. The van der Waals surface area contributed by atoms with Crippen LogP contribution in [0.3, 0.4) is 0 Å². The van der Waals surface area contributed by atoms with Crippen LogP contribution >= 0.6 is 0 Å². The molecule has 0 fully saturated rings. The second-order valence-corrected chi connectivity index (χ2v) is 3.59. The van der Waals surface area contributed by atoms with E-state index in [4.69, 9.17) is 5.11 Å². The van der Waals surface area contributed by atoms with Crippen LogP contribution in [0.4, 0.5) is 0 Å². The molecule has 0 spiro atoms. The molecule has 0 aromatic heterocycles. The molecule has 0 saturated carbocycles. The third-order valence-electron chi connectivity index (χ3n) is 1.90. The molecule has 0 aromatic carbocycles. The third kappa shape index (κ3) is 5.14. The Morgan fingerprint density at radius 1 is 1.42 bits per heavy atom. The van der Waals surface area contributed by atoms with Gasteiger partial charge in [-0.25, -0.2) is 0 Å². The summed E-state index contributed by atoms with van der Waals surface area (Å²) in [4.78, 5) is 0. The van der Waals surface area contributed by atoms with Gasteiger partial charge in [-0.2, -0.15) is 0 Å². The monoisotopic (exact) mass is 168 g/mol. The van der Waals surface area contributed by atoms with Crippen LogP contribution < -0.4 is 0 Å². The largest absolute Gasteiger partial charge is 0.396 e. The van der Waals surface area contributed by atoms with Crippen LogP contribution in [0.5, 0.6) is 0 Å². The zero-order valence-electron chi connectivity index (χ0n) is 8.38. The van der Waals surface area contributed by atoms with Crippen LogP contribution in [-0.4, -0.2) is 11.7 Å². The molecule has 0 aliphatic rings. The van der Waals surface area contributed by atoms with Crippen molar-refractivity contribution in [2.75, 3.05) is 6.61 Å². The molecule has 0 aliphatic carbocycles. The van der Waals surface area contributed by atoms with Crippen molar-refractivity contribution in [1.82, 2.24) is 0 Å². The van der Waals surface area contributed by atoms with Crippen molar-refractivity contribution in [1.29, 1.82) is 0 Å². The average molecular weight is 168 g/mol. The summed E-state index contributed by atoms with van der Waals surface area (Å²) in [5.74, 6) is 0.814. The summed E-state index contributed by atoms with van der Waals surface area (Å²) in [6.07, 6.45) is 5.13. The molecule has 70 valence electrons. The molecule has 1 heteroatoms. The summed E-state index contributed by atoms with van der Waals surface area (Å²) in [7, 11) is 0. The maximum Gasteiger partial charge on any atom is 0.0491 e. The fourth-order valence-corrected chi connectivity index (χ4v) is 1.20. The number of rotatable bonds is 5. The lowest BCUT2D eigenvalue weighted by Crippen LogP contribution is -1.98. The number of allylic oxidation sites excluding steroid dienone is 2. The Hall–Kier alpha value is -0.560. The van der Waals surface area contributed by atoms with Gasteiger partial charge in [0, 0.05) is 6.61 Å². The van der Waals surface area contributed by atoms with E-state index in [1.807, 2.05) is 13.0 Å². The molecule has 0 aliphatic heterocycles. The van der Waals surface area contributed by atoms with Crippen LogP contribution in [-0.2, 0) is 0 Å². The summed E-state index contributed by atoms with van der Waals surface area (Å²) >= 11 is 0. The van der Waals surface area contributed by atoms with Crippen molar-refractivity contribution in [3.8, 4) is 0 Å². The lowest BCUT2D eigenvalue weighted by Gasteiger charge is -2.08. The summed E-state index contributed by atoms with van der Waals surface area (Å²) in [5.41, 5.74) is 1.34. The highest BCUT2D eigenvalue weighted by Crippen LogP contribution is 2.13. The number of hydrogen-bond donors (Lipinski definition) is 1. The maximum absolute atomic E-state index is 8.81. The molecule has 0 heterocycles. The number of aliphatic hydroxyl groups excluding tert-OH is 1. The Kier molecular flexibility index (Phi) is 5.73. The molecule has 0 bridgehead atoms. The third-order valence-corrected chi connectivity index (χ3v) is 1.90. The standard InChI is InChI=1S/C11H20O/c1-5-9(2)6-10(3)7-11(4)8-12/h5,7,9,11-12H,1,6,8H2,2-4H3.